The molecule has 0 rings (SSSR count). The number of carbonyl (C=O) groups is 2. The van der Waals surface area contributed by atoms with E-state index in [0.29, 0.717) is 0 Å². The first-order chi connectivity index (χ1) is 4.04. The van der Waals surface area contributed by atoms with Gasteiger partial charge in [-0.2, -0.15) is 0 Å². The Labute approximate surface area is 67.1 Å². The summed E-state index contributed by atoms with van der Waals surface area (Å²) in [5.74, 6) is -2.85. The second kappa shape index (κ2) is 5.22. The molecule has 58 valence electrons. The van der Waals surface area contributed by atoms with Gasteiger partial charge in [0.15, 0.2) is 6.10 Å². The first kappa shape index (κ1) is 12.1. The van der Waals surface area contributed by atoms with Crippen LogP contribution in [0.15, 0.2) is 0 Å². The van der Waals surface area contributed by atoms with Crippen LogP contribution in [0.1, 0.15) is 6.42 Å². The zero-order chi connectivity index (χ0) is 7.44. The fourth-order valence-corrected chi connectivity index (χ4v) is 0.253. The van der Waals surface area contributed by atoms with Gasteiger partial charge in [-0.3, -0.25) is 4.79 Å². The number of hydrogen-bond donors (Lipinski definition) is 3. The molecule has 1 unspecified atom stereocenters. The van der Waals surface area contributed by atoms with E-state index in [1.807, 2.05) is 0 Å². The second-order valence-corrected chi connectivity index (χ2v) is 1.45. The van der Waals surface area contributed by atoms with E-state index in [0.717, 1.165) is 0 Å². The second-order valence-electron chi connectivity index (χ2n) is 1.45. The third kappa shape index (κ3) is 5.55. The molecule has 0 heterocycles. The molecule has 0 amide bonds. The number of aliphatic hydroxyl groups excluding tert-OH is 1. The van der Waals surface area contributed by atoms with Gasteiger partial charge in [-0.05, 0) is 0 Å². The average molecular weight is 213 g/mol. The van der Waals surface area contributed by atoms with Crippen LogP contribution in [0.25, 0.3) is 0 Å². The quantitative estimate of drug-likeness (QED) is 0.497. The van der Waals surface area contributed by atoms with Gasteiger partial charge in [-0.25, -0.2) is 4.79 Å². The van der Waals surface area contributed by atoms with Gasteiger partial charge in [-0.1, -0.05) is 0 Å². The maximum Gasteiger partial charge on any atom is 0.333 e. The van der Waals surface area contributed by atoms with Crippen LogP contribution < -0.4 is 0 Å². The van der Waals surface area contributed by atoms with Crippen LogP contribution in [-0.2, 0) is 9.59 Å². The van der Waals surface area contributed by atoms with Crippen LogP contribution in [0.4, 0.5) is 0 Å². The first-order valence-electron chi connectivity index (χ1n) is 2.16. The molecular weight excluding hydrogens is 207 g/mol. The standard InChI is InChI=1S/C4H6O5.Se/c5-2(4(8)9)1-3(6)7;/h2,5H,1H2,(H,6,7)(H,8,9);. The zero-order valence-electron chi connectivity index (χ0n) is 4.85. The molecule has 6 heteroatoms. The number of hydrogen-bond acceptors (Lipinski definition) is 3. The molecule has 3 N–H and O–H groups in total. The Morgan fingerprint density at radius 1 is 1.30 bits per heavy atom. The summed E-state index contributed by atoms with van der Waals surface area (Å²) in [5, 5.41) is 24.1. The van der Waals surface area contributed by atoms with Crippen molar-refractivity contribution in [2.45, 2.75) is 12.5 Å². The van der Waals surface area contributed by atoms with Crippen LogP contribution in [0.5, 0.6) is 0 Å². The molecule has 0 fully saturated rings. The molecule has 0 saturated heterocycles. The number of carboxylic acids is 2. The van der Waals surface area contributed by atoms with Gasteiger partial charge in [0.1, 0.15) is 0 Å². The summed E-state index contributed by atoms with van der Waals surface area (Å²) >= 11 is 0. The van der Waals surface area contributed by atoms with Crippen molar-refractivity contribution in [3.8, 4) is 0 Å². The molecule has 0 aromatic heterocycles. The first-order valence-corrected chi connectivity index (χ1v) is 2.16. The molecule has 5 nitrogen and oxygen atoms in total. The Balaban J connectivity index is 0. The van der Waals surface area contributed by atoms with Crippen molar-refractivity contribution in [1.29, 1.82) is 0 Å². The molecule has 2 radical (unpaired) electrons. The summed E-state index contributed by atoms with van der Waals surface area (Å²) in [6.07, 6.45) is -2.54. The Morgan fingerprint density at radius 3 is 1.80 bits per heavy atom. The molecule has 0 aliphatic carbocycles. The molecule has 0 bridgehead atoms. The Bertz CT molecular complexity index is 134. The van der Waals surface area contributed by atoms with Crippen molar-refractivity contribution in [2.24, 2.45) is 0 Å². The predicted octanol–water partition coefficient (Wildman–Crippen LogP) is -1.47. The fraction of sp³-hybridized carbons (Fsp3) is 0.500. The van der Waals surface area contributed by atoms with Gasteiger partial charge in [0.2, 0.25) is 0 Å². The summed E-state index contributed by atoms with van der Waals surface area (Å²) in [5.41, 5.74) is 0. The zero-order valence-corrected chi connectivity index (χ0v) is 6.56. The van der Waals surface area contributed by atoms with E-state index < -0.39 is 24.5 Å². The predicted molar refractivity (Wildman–Crippen MR) is 31.6 cm³/mol. The average Bonchev–Trinajstić information content (AvgIpc) is 1.63. The number of aliphatic hydroxyl groups is 1. The molecule has 1 atom stereocenters. The van der Waals surface area contributed by atoms with Gasteiger partial charge < -0.3 is 15.3 Å². The third-order valence-corrected chi connectivity index (χ3v) is 0.653. The number of carboxylic acid groups (broad SMARTS) is 2. The Kier molecular flexibility index (Phi) is 6.34. The molecule has 0 aliphatic heterocycles. The van der Waals surface area contributed by atoms with Gasteiger partial charge >= 0.3 is 11.9 Å². The minimum atomic E-state index is -1.79. The summed E-state index contributed by atoms with van der Waals surface area (Å²) in [4.78, 5) is 19.4. The summed E-state index contributed by atoms with van der Waals surface area (Å²) in [6, 6.07) is 0. The molecule has 0 saturated carbocycles. The molecule has 0 aliphatic rings. The normalized spacial score (nSPS) is 11.3. The van der Waals surface area contributed by atoms with Crippen LogP contribution in [-0.4, -0.2) is 50.4 Å². The number of rotatable bonds is 3. The van der Waals surface area contributed by atoms with Gasteiger partial charge in [0, 0.05) is 17.1 Å². The monoisotopic (exact) mass is 214 g/mol. The molecule has 0 spiro atoms. The Morgan fingerprint density at radius 2 is 1.70 bits per heavy atom. The van der Waals surface area contributed by atoms with E-state index in [2.05, 4.69) is 0 Å². The SMILES string of the molecule is O=C(O)CC(O)C(=O)O.[Se]. The number of aliphatic carboxylic acids is 2. The van der Waals surface area contributed by atoms with Crippen molar-refractivity contribution in [2.75, 3.05) is 0 Å². The van der Waals surface area contributed by atoms with Crippen molar-refractivity contribution in [1.82, 2.24) is 0 Å². The van der Waals surface area contributed by atoms with Gasteiger partial charge in [-0.15, -0.1) is 0 Å². The van der Waals surface area contributed by atoms with Gasteiger partial charge in [0.05, 0.1) is 6.42 Å². The molecule has 10 heavy (non-hydrogen) atoms. The summed E-state index contributed by atoms with van der Waals surface area (Å²) in [6.45, 7) is 0. The van der Waals surface area contributed by atoms with Crippen molar-refractivity contribution in [3.63, 3.8) is 0 Å². The van der Waals surface area contributed by atoms with E-state index in [4.69, 9.17) is 15.3 Å². The van der Waals surface area contributed by atoms with Crippen molar-refractivity contribution in [3.05, 3.63) is 0 Å². The topological polar surface area (TPSA) is 94.8 Å². The maximum atomic E-state index is 9.72. The van der Waals surface area contributed by atoms with Crippen LogP contribution in [0, 0.1) is 0 Å². The minimum absolute atomic E-state index is 0. The largest absolute Gasteiger partial charge is 0.481 e. The molecule has 0 aromatic rings. The van der Waals surface area contributed by atoms with E-state index in [-0.39, 0.29) is 17.1 Å². The van der Waals surface area contributed by atoms with E-state index >= 15 is 0 Å². The van der Waals surface area contributed by atoms with Crippen molar-refractivity contribution >= 4 is 29.0 Å². The van der Waals surface area contributed by atoms with E-state index in [1.165, 1.54) is 0 Å². The van der Waals surface area contributed by atoms with Crippen LogP contribution >= 0.6 is 0 Å². The van der Waals surface area contributed by atoms with E-state index in [9.17, 15) is 9.59 Å². The molecule has 0 aromatic carbocycles. The Hall–Kier alpha value is -0.581. The summed E-state index contributed by atoms with van der Waals surface area (Å²) in [7, 11) is 0. The molecular formula is C4H6O5Se. The van der Waals surface area contributed by atoms with Crippen LogP contribution in [0.2, 0.25) is 0 Å². The van der Waals surface area contributed by atoms with Crippen molar-refractivity contribution < 1.29 is 24.9 Å². The van der Waals surface area contributed by atoms with Crippen LogP contribution in [0.3, 0.4) is 0 Å². The smallest absolute Gasteiger partial charge is 0.333 e. The summed E-state index contributed by atoms with van der Waals surface area (Å²) < 4.78 is 0. The fourth-order valence-electron chi connectivity index (χ4n) is 0.253. The van der Waals surface area contributed by atoms with Gasteiger partial charge in [0.25, 0.3) is 0 Å². The minimum Gasteiger partial charge on any atom is -0.481 e. The third-order valence-electron chi connectivity index (χ3n) is 0.653. The van der Waals surface area contributed by atoms with E-state index in [1.54, 1.807) is 0 Å². The maximum absolute atomic E-state index is 9.72.